The van der Waals surface area contributed by atoms with Crippen LogP contribution in [0.2, 0.25) is 0 Å². The SMILES string of the molecule is CCC(=O)OCC(=O)[C@@]1(OC(=O)CC)[C@@H](C)C[C@H]2[C@@H]3CCC4=CC(=O)C=C[C@]4(C)C3(F)[C@@H](ON=O)C[C@@]21C. The van der Waals surface area contributed by atoms with E-state index < -0.39 is 70.3 Å². The van der Waals surface area contributed by atoms with E-state index in [1.54, 1.807) is 40.7 Å². The summed E-state index contributed by atoms with van der Waals surface area (Å²) in [4.78, 5) is 67.4. The van der Waals surface area contributed by atoms with Gasteiger partial charge in [0.15, 0.2) is 35.1 Å². The van der Waals surface area contributed by atoms with Gasteiger partial charge in [0, 0.05) is 41.9 Å². The predicted octanol–water partition coefficient (Wildman–Crippen LogP) is 4.52. The summed E-state index contributed by atoms with van der Waals surface area (Å²) in [5.74, 6) is -3.63. The van der Waals surface area contributed by atoms with E-state index in [1.165, 1.54) is 12.2 Å². The van der Waals surface area contributed by atoms with Crippen LogP contribution in [-0.4, -0.2) is 47.5 Å². The molecule has 0 aromatic rings. The molecule has 1 unspecified atom stereocenters. The molecule has 4 rings (SSSR count). The number of hydrogen-bond donors (Lipinski definition) is 0. The second-order valence-electron chi connectivity index (χ2n) is 11.6. The molecule has 3 fully saturated rings. The highest BCUT2D eigenvalue weighted by Crippen LogP contribution is 2.72. The first-order valence-corrected chi connectivity index (χ1v) is 13.4. The molecule has 0 heterocycles. The maximum atomic E-state index is 17.7. The van der Waals surface area contributed by atoms with Gasteiger partial charge in [-0.05, 0) is 44.3 Å². The van der Waals surface area contributed by atoms with Crippen LogP contribution < -0.4 is 0 Å². The molecule has 4 aliphatic carbocycles. The Morgan fingerprint density at radius 1 is 1.13 bits per heavy atom. The molecule has 8 atom stereocenters. The lowest BCUT2D eigenvalue weighted by atomic mass is 9.44. The predicted molar refractivity (Wildman–Crippen MR) is 133 cm³/mol. The second-order valence-corrected chi connectivity index (χ2v) is 11.6. The topological polar surface area (TPSA) is 125 Å². The average molecular weight is 534 g/mol. The molecule has 0 spiro atoms. The van der Waals surface area contributed by atoms with Gasteiger partial charge in [-0.2, -0.15) is 0 Å². The van der Waals surface area contributed by atoms with E-state index >= 15 is 4.39 Å². The van der Waals surface area contributed by atoms with Crippen molar-refractivity contribution in [2.75, 3.05) is 6.61 Å². The summed E-state index contributed by atoms with van der Waals surface area (Å²) in [5, 5.41) is 2.62. The number of fused-ring (bicyclic) bond motifs is 5. The Bertz CT molecular complexity index is 1120. The van der Waals surface area contributed by atoms with E-state index in [1.807, 2.05) is 0 Å². The molecule has 0 aromatic carbocycles. The highest BCUT2D eigenvalue weighted by molar-refractivity contribution is 6.01. The molecule has 10 heteroatoms. The average Bonchev–Trinajstić information content (AvgIpc) is 3.10. The van der Waals surface area contributed by atoms with Crippen molar-refractivity contribution in [3.63, 3.8) is 0 Å². The third-order valence-corrected chi connectivity index (χ3v) is 9.96. The van der Waals surface area contributed by atoms with E-state index in [-0.39, 0.29) is 25.0 Å². The summed E-state index contributed by atoms with van der Waals surface area (Å²) in [5.41, 5.74) is -5.58. The molecule has 0 N–H and O–H groups in total. The highest BCUT2D eigenvalue weighted by Gasteiger charge is 2.78. The largest absolute Gasteiger partial charge is 0.457 e. The van der Waals surface area contributed by atoms with Crippen LogP contribution in [-0.2, 0) is 33.5 Å². The molecule has 4 aliphatic rings. The number of ether oxygens (including phenoxy) is 2. The molecule has 0 bridgehead atoms. The Morgan fingerprint density at radius 2 is 1.82 bits per heavy atom. The Kier molecular flexibility index (Phi) is 7.16. The molecule has 0 aliphatic heterocycles. The van der Waals surface area contributed by atoms with Crippen LogP contribution in [0.15, 0.2) is 29.1 Å². The molecule has 9 nitrogen and oxygen atoms in total. The van der Waals surface area contributed by atoms with Crippen molar-refractivity contribution in [3.8, 4) is 0 Å². The van der Waals surface area contributed by atoms with Gasteiger partial charge in [0.2, 0.25) is 5.78 Å². The van der Waals surface area contributed by atoms with Crippen molar-refractivity contribution in [1.82, 2.24) is 0 Å². The van der Waals surface area contributed by atoms with Crippen molar-refractivity contribution < 1.29 is 37.9 Å². The maximum Gasteiger partial charge on any atom is 0.306 e. The zero-order valence-corrected chi connectivity index (χ0v) is 22.6. The first-order valence-electron chi connectivity index (χ1n) is 13.4. The summed E-state index contributed by atoms with van der Waals surface area (Å²) in [7, 11) is 0. The molecule has 0 radical (unpaired) electrons. The van der Waals surface area contributed by atoms with Gasteiger partial charge in [-0.25, -0.2) is 4.39 Å². The quantitative estimate of drug-likeness (QED) is 0.253. The lowest BCUT2D eigenvalue weighted by Crippen LogP contribution is -2.70. The van der Waals surface area contributed by atoms with E-state index in [2.05, 4.69) is 5.34 Å². The summed E-state index contributed by atoms with van der Waals surface area (Å²) in [6.45, 7) is 7.89. The first-order chi connectivity index (χ1) is 17.8. The van der Waals surface area contributed by atoms with Gasteiger partial charge < -0.3 is 14.3 Å². The van der Waals surface area contributed by atoms with E-state index in [0.717, 1.165) is 0 Å². The Labute approximate surface area is 221 Å². The number of ketones is 2. The van der Waals surface area contributed by atoms with Crippen molar-refractivity contribution in [3.05, 3.63) is 28.7 Å². The molecular formula is C28H36FNO8. The minimum absolute atomic E-state index is 0.00852. The number of Topliss-reactive ketones (excluding diaryl/α,β-unsaturated/α-hetero) is 1. The third kappa shape index (κ3) is 3.69. The van der Waals surface area contributed by atoms with Gasteiger partial charge in [0.05, 0.1) is 0 Å². The number of esters is 2. The lowest BCUT2D eigenvalue weighted by Gasteiger charge is -2.62. The number of hydrogen-bond acceptors (Lipinski definition) is 9. The lowest BCUT2D eigenvalue weighted by molar-refractivity contribution is -0.238. The van der Waals surface area contributed by atoms with Crippen LogP contribution in [0, 0.1) is 33.5 Å². The number of carbonyl (C=O) groups is 4. The van der Waals surface area contributed by atoms with Crippen LogP contribution in [0.4, 0.5) is 4.39 Å². The smallest absolute Gasteiger partial charge is 0.306 e. The summed E-state index contributed by atoms with van der Waals surface area (Å²) in [6.07, 6.45) is 4.07. The fraction of sp³-hybridized carbons (Fsp3) is 0.714. The molecule has 208 valence electrons. The van der Waals surface area contributed by atoms with Crippen LogP contribution in [0.3, 0.4) is 0 Å². The Balaban J connectivity index is 1.86. The van der Waals surface area contributed by atoms with Crippen molar-refractivity contribution in [2.24, 2.45) is 33.9 Å². The molecule has 0 saturated heterocycles. The van der Waals surface area contributed by atoms with Crippen LogP contribution in [0.5, 0.6) is 0 Å². The zero-order chi connectivity index (χ0) is 28.1. The monoisotopic (exact) mass is 533 g/mol. The maximum absolute atomic E-state index is 17.7. The molecular weight excluding hydrogens is 497 g/mol. The fourth-order valence-corrected chi connectivity index (χ4v) is 8.14. The second kappa shape index (κ2) is 9.68. The van der Waals surface area contributed by atoms with Gasteiger partial charge in [0.1, 0.15) is 0 Å². The Morgan fingerprint density at radius 3 is 2.45 bits per heavy atom. The fourth-order valence-electron chi connectivity index (χ4n) is 8.14. The number of alkyl halides is 1. The Hall–Kier alpha value is -2.91. The summed E-state index contributed by atoms with van der Waals surface area (Å²) < 4.78 is 28.9. The van der Waals surface area contributed by atoms with Crippen LogP contribution in [0.25, 0.3) is 0 Å². The van der Waals surface area contributed by atoms with Gasteiger partial charge in [-0.15, -0.1) is 4.91 Å². The van der Waals surface area contributed by atoms with Crippen molar-refractivity contribution >= 4 is 23.5 Å². The minimum Gasteiger partial charge on any atom is -0.457 e. The van der Waals surface area contributed by atoms with Gasteiger partial charge in [-0.1, -0.05) is 39.3 Å². The van der Waals surface area contributed by atoms with Crippen molar-refractivity contribution in [1.29, 1.82) is 0 Å². The highest BCUT2D eigenvalue weighted by atomic mass is 19.1. The van der Waals surface area contributed by atoms with E-state index in [0.29, 0.717) is 24.8 Å². The van der Waals surface area contributed by atoms with Crippen LogP contribution >= 0.6 is 0 Å². The molecule has 38 heavy (non-hydrogen) atoms. The molecule has 0 aromatic heterocycles. The number of allylic oxidation sites excluding steroid dienone is 4. The minimum atomic E-state index is -2.12. The number of rotatable bonds is 8. The van der Waals surface area contributed by atoms with Crippen molar-refractivity contribution in [2.45, 2.75) is 90.5 Å². The number of halogens is 1. The first kappa shape index (κ1) is 28.1. The summed E-state index contributed by atoms with van der Waals surface area (Å²) >= 11 is 0. The molecule has 3 saturated carbocycles. The molecule has 0 amide bonds. The van der Waals surface area contributed by atoms with Gasteiger partial charge >= 0.3 is 11.9 Å². The normalized spacial score (nSPS) is 41.2. The van der Waals surface area contributed by atoms with E-state index in [4.69, 9.17) is 14.3 Å². The number of carbonyl (C=O) groups excluding carboxylic acids is 4. The van der Waals surface area contributed by atoms with Crippen LogP contribution in [0.1, 0.15) is 73.1 Å². The van der Waals surface area contributed by atoms with E-state index in [9.17, 15) is 24.1 Å². The van der Waals surface area contributed by atoms with Gasteiger partial charge in [-0.3, -0.25) is 19.2 Å². The third-order valence-electron chi connectivity index (χ3n) is 9.96. The number of nitrogens with zero attached hydrogens (tertiary/aromatic N) is 1. The zero-order valence-electron chi connectivity index (χ0n) is 22.6. The van der Waals surface area contributed by atoms with Gasteiger partial charge in [0.25, 0.3) is 0 Å². The standard InChI is InChI=1S/C28H36FNO8/c1-6-23(33)36-15-21(32)28(37-24(34)7-2)16(3)12-20-19-9-8-17-13-18(31)10-11-25(17,4)27(19,29)22(38-30-35)14-26(20,28)5/h10-11,13,16,19-20,22H,6-9,12,14-15H2,1-5H3/t16-,19-,20-,22-,25-,26-,27?,28-/m0/s1. The summed E-state index contributed by atoms with van der Waals surface area (Å²) in [6, 6.07) is 0.